The number of carbonyl (C=O) groups excluding carboxylic acids is 1. The number of hydrogen-bond donors (Lipinski definition) is 1. The summed E-state index contributed by atoms with van der Waals surface area (Å²) in [5, 5.41) is 5.78. The molecule has 1 rings (SSSR count). The number of alkyl halides is 3. The molecule has 1 aromatic rings. The normalized spacial score (nSPS) is 12.3. The third-order valence-corrected chi connectivity index (χ3v) is 1.94. The van der Waals surface area contributed by atoms with Gasteiger partial charge in [0.2, 0.25) is 0 Å². The highest BCUT2D eigenvalue weighted by molar-refractivity contribution is 5.67. The van der Waals surface area contributed by atoms with Gasteiger partial charge in [0.15, 0.2) is 5.69 Å². The van der Waals surface area contributed by atoms with Crippen LogP contribution in [0.2, 0.25) is 0 Å². The quantitative estimate of drug-likeness (QED) is 0.924. The van der Waals surface area contributed by atoms with E-state index in [0.29, 0.717) is 0 Å². The number of ether oxygens (including phenoxy) is 1. The Balaban J connectivity index is 2.38. The number of amides is 1. The second-order valence-electron chi connectivity index (χ2n) is 4.89. The summed E-state index contributed by atoms with van der Waals surface area (Å²) in [6, 6.07) is 0.882. The van der Waals surface area contributed by atoms with Gasteiger partial charge in [-0.2, -0.15) is 18.3 Å². The van der Waals surface area contributed by atoms with Crippen LogP contribution in [-0.2, 0) is 17.5 Å². The van der Waals surface area contributed by atoms with Crippen LogP contribution in [0.5, 0.6) is 0 Å². The number of halogens is 3. The van der Waals surface area contributed by atoms with Crippen molar-refractivity contribution >= 4 is 6.09 Å². The third-order valence-electron chi connectivity index (χ3n) is 1.94. The van der Waals surface area contributed by atoms with Crippen molar-refractivity contribution in [2.45, 2.75) is 39.1 Å². The number of rotatable bonds is 3. The first-order valence-corrected chi connectivity index (χ1v) is 5.65. The summed E-state index contributed by atoms with van der Waals surface area (Å²) in [7, 11) is 0. The van der Waals surface area contributed by atoms with Crippen LogP contribution in [0.15, 0.2) is 12.3 Å². The van der Waals surface area contributed by atoms with Crippen molar-refractivity contribution in [2.75, 3.05) is 6.54 Å². The first kappa shape index (κ1) is 15.3. The van der Waals surface area contributed by atoms with Gasteiger partial charge in [0.05, 0.1) is 6.54 Å². The summed E-state index contributed by atoms with van der Waals surface area (Å²) in [5.74, 6) is 0. The smallest absolute Gasteiger partial charge is 0.435 e. The van der Waals surface area contributed by atoms with E-state index in [1.165, 1.54) is 6.20 Å². The summed E-state index contributed by atoms with van der Waals surface area (Å²) in [4.78, 5) is 11.3. The van der Waals surface area contributed by atoms with Gasteiger partial charge < -0.3 is 10.1 Å². The lowest BCUT2D eigenvalue weighted by Crippen LogP contribution is -2.34. The monoisotopic (exact) mass is 279 g/mol. The van der Waals surface area contributed by atoms with Gasteiger partial charge >= 0.3 is 12.3 Å². The average molecular weight is 279 g/mol. The van der Waals surface area contributed by atoms with Crippen LogP contribution in [-0.4, -0.2) is 28.0 Å². The van der Waals surface area contributed by atoms with Crippen molar-refractivity contribution in [3.63, 3.8) is 0 Å². The fourth-order valence-electron chi connectivity index (χ4n) is 1.22. The molecule has 0 saturated carbocycles. The Kier molecular flexibility index (Phi) is 4.43. The minimum Gasteiger partial charge on any atom is -0.444 e. The van der Waals surface area contributed by atoms with Crippen LogP contribution in [0.1, 0.15) is 26.5 Å². The van der Waals surface area contributed by atoms with Gasteiger partial charge in [-0.1, -0.05) is 0 Å². The number of hydrogen-bond acceptors (Lipinski definition) is 3. The van der Waals surface area contributed by atoms with Gasteiger partial charge in [-0.05, 0) is 26.8 Å². The van der Waals surface area contributed by atoms with Crippen LogP contribution >= 0.6 is 0 Å². The predicted octanol–water partition coefficient (Wildman–Crippen LogP) is 2.43. The zero-order valence-electron chi connectivity index (χ0n) is 10.9. The van der Waals surface area contributed by atoms with E-state index in [-0.39, 0.29) is 13.1 Å². The Bertz CT molecular complexity index is 435. The Labute approximate surface area is 108 Å². The Morgan fingerprint density at radius 1 is 1.42 bits per heavy atom. The molecule has 5 nitrogen and oxygen atoms in total. The number of alkyl carbamates (subject to hydrolysis) is 1. The molecule has 0 unspecified atom stereocenters. The molecule has 0 spiro atoms. The Morgan fingerprint density at radius 3 is 2.53 bits per heavy atom. The number of carbonyl (C=O) groups is 1. The minimum atomic E-state index is -4.45. The number of nitrogens with zero attached hydrogens (tertiary/aromatic N) is 2. The lowest BCUT2D eigenvalue weighted by molar-refractivity contribution is -0.141. The first-order valence-electron chi connectivity index (χ1n) is 5.65. The number of nitrogens with one attached hydrogen (secondary N) is 1. The van der Waals surface area contributed by atoms with Crippen LogP contribution in [0.4, 0.5) is 18.0 Å². The molecule has 108 valence electrons. The van der Waals surface area contributed by atoms with Gasteiger partial charge in [0, 0.05) is 12.7 Å². The molecule has 0 aliphatic rings. The zero-order chi connectivity index (χ0) is 14.7. The molecule has 1 heterocycles. The average Bonchev–Trinajstić information content (AvgIpc) is 2.62. The van der Waals surface area contributed by atoms with Crippen molar-refractivity contribution in [2.24, 2.45) is 0 Å². The minimum absolute atomic E-state index is 0.133. The first-order chi connectivity index (χ1) is 8.58. The largest absolute Gasteiger partial charge is 0.444 e. The van der Waals surface area contributed by atoms with Crippen LogP contribution in [0.3, 0.4) is 0 Å². The molecule has 19 heavy (non-hydrogen) atoms. The Hall–Kier alpha value is -1.73. The summed E-state index contributed by atoms with van der Waals surface area (Å²) in [6.45, 7) is 5.42. The topological polar surface area (TPSA) is 56.1 Å². The van der Waals surface area contributed by atoms with E-state index in [2.05, 4.69) is 10.4 Å². The van der Waals surface area contributed by atoms with Gasteiger partial charge in [-0.3, -0.25) is 4.68 Å². The molecular weight excluding hydrogens is 263 g/mol. The lowest BCUT2D eigenvalue weighted by atomic mass is 10.2. The van der Waals surface area contributed by atoms with E-state index >= 15 is 0 Å². The van der Waals surface area contributed by atoms with Crippen molar-refractivity contribution in [1.29, 1.82) is 0 Å². The molecule has 0 aliphatic heterocycles. The van der Waals surface area contributed by atoms with E-state index in [1.807, 2.05) is 0 Å². The summed E-state index contributed by atoms with van der Waals surface area (Å²) in [5.41, 5.74) is -1.57. The lowest BCUT2D eigenvalue weighted by Gasteiger charge is -2.19. The zero-order valence-corrected chi connectivity index (χ0v) is 10.9. The molecule has 0 atom stereocenters. The van der Waals surface area contributed by atoms with Crippen LogP contribution < -0.4 is 5.32 Å². The second-order valence-corrected chi connectivity index (χ2v) is 4.89. The van der Waals surface area contributed by atoms with E-state index in [4.69, 9.17) is 4.74 Å². The standard InChI is InChI=1S/C11H16F3N3O2/c1-10(2,3)19-9(18)15-5-7-17-6-4-8(16-17)11(12,13)14/h4,6H,5,7H2,1-3H3,(H,15,18). The SMILES string of the molecule is CC(C)(C)OC(=O)NCCn1ccc(C(F)(F)F)n1. The van der Waals surface area contributed by atoms with Crippen LogP contribution in [0.25, 0.3) is 0 Å². The Morgan fingerprint density at radius 2 is 2.05 bits per heavy atom. The molecule has 8 heteroatoms. The number of aromatic nitrogens is 2. The van der Waals surface area contributed by atoms with Crippen molar-refractivity contribution < 1.29 is 22.7 Å². The molecule has 1 amide bonds. The van der Waals surface area contributed by atoms with Gasteiger partial charge in [-0.25, -0.2) is 4.79 Å². The molecule has 0 aromatic carbocycles. The molecule has 1 aromatic heterocycles. The third kappa shape index (κ3) is 5.62. The maximum atomic E-state index is 12.3. The van der Waals surface area contributed by atoms with E-state index in [1.54, 1.807) is 20.8 Å². The summed E-state index contributed by atoms with van der Waals surface area (Å²) in [6.07, 6.45) is -3.86. The summed E-state index contributed by atoms with van der Waals surface area (Å²) < 4.78 is 42.9. The van der Waals surface area contributed by atoms with Crippen molar-refractivity contribution in [3.05, 3.63) is 18.0 Å². The molecule has 0 radical (unpaired) electrons. The highest BCUT2D eigenvalue weighted by Gasteiger charge is 2.33. The van der Waals surface area contributed by atoms with E-state index in [0.717, 1.165) is 10.7 Å². The predicted molar refractivity (Wildman–Crippen MR) is 61.5 cm³/mol. The molecular formula is C11H16F3N3O2. The van der Waals surface area contributed by atoms with Gasteiger partial charge in [-0.15, -0.1) is 0 Å². The van der Waals surface area contributed by atoms with E-state index < -0.39 is 23.6 Å². The van der Waals surface area contributed by atoms with E-state index in [9.17, 15) is 18.0 Å². The molecule has 0 saturated heterocycles. The van der Waals surface area contributed by atoms with Gasteiger partial charge in [0.1, 0.15) is 5.60 Å². The highest BCUT2D eigenvalue weighted by atomic mass is 19.4. The van der Waals surface area contributed by atoms with Crippen molar-refractivity contribution in [3.8, 4) is 0 Å². The highest BCUT2D eigenvalue weighted by Crippen LogP contribution is 2.27. The molecule has 1 N–H and O–H groups in total. The van der Waals surface area contributed by atoms with Crippen molar-refractivity contribution in [1.82, 2.24) is 15.1 Å². The maximum absolute atomic E-state index is 12.3. The summed E-state index contributed by atoms with van der Waals surface area (Å²) >= 11 is 0. The molecule has 0 fully saturated rings. The van der Waals surface area contributed by atoms with Crippen LogP contribution in [0, 0.1) is 0 Å². The maximum Gasteiger partial charge on any atom is 0.435 e. The fourth-order valence-corrected chi connectivity index (χ4v) is 1.22. The molecule has 0 bridgehead atoms. The van der Waals surface area contributed by atoms with Gasteiger partial charge in [0.25, 0.3) is 0 Å². The second kappa shape index (κ2) is 5.50. The molecule has 0 aliphatic carbocycles. The fraction of sp³-hybridized carbons (Fsp3) is 0.636.